The molecule has 0 radical (unpaired) electrons. The maximum absolute atomic E-state index is 14.3. The number of fused-ring (bicyclic) bond motifs is 3. The number of likely N-dealkylation sites (tertiary alicyclic amines) is 1. The van der Waals surface area contributed by atoms with Crippen LogP contribution < -0.4 is 0 Å². The van der Waals surface area contributed by atoms with E-state index >= 15 is 0 Å². The normalized spacial score (nSPS) is 42.8. The van der Waals surface area contributed by atoms with E-state index < -0.39 is 77.6 Å². The summed E-state index contributed by atoms with van der Waals surface area (Å²) >= 11 is 0. The topological polar surface area (TPSA) is 134 Å². The van der Waals surface area contributed by atoms with Crippen LogP contribution in [-0.2, 0) is 34.9 Å². The number of hydrogen-bond donors (Lipinski definition) is 3. The molecule has 4 fully saturated rings. The van der Waals surface area contributed by atoms with Gasteiger partial charge in [0.05, 0.1) is 29.8 Å². The Kier molecular flexibility index (Phi) is 14.6. The summed E-state index contributed by atoms with van der Waals surface area (Å²) in [7, 11) is 5.86. The zero-order valence-corrected chi connectivity index (χ0v) is 35.5. The maximum atomic E-state index is 14.3. The molecule has 14 atom stereocenters. The van der Waals surface area contributed by atoms with Gasteiger partial charge in [-0.1, -0.05) is 51.1 Å². The fourth-order valence-corrected chi connectivity index (χ4v) is 9.97. The van der Waals surface area contributed by atoms with E-state index in [1.54, 1.807) is 6.92 Å². The van der Waals surface area contributed by atoms with Crippen molar-refractivity contribution in [3.63, 3.8) is 0 Å². The average molecular weight is 776 g/mol. The van der Waals surface area contributed by atoms with Crippen molar-refractivity contribution in [3.8, 4) is 0 Å². The Balaban J connectivity index is 1.56. The molecule has 0 aliphatic carbocycles. The van der Waals surface area contributed by atoms with Crippen LogP contribution in [0.25, 0.3) is 0 Å². The minimum Gasteiger partial charge on any atom is -0.459 e. The Morgan fingerprint density at radius 3 is 2.29 bits per heavy atom. The lowest BCUT2D eigenvalue weighted by Crippen LogP contribution is -2.60. The Morgan fingerprint density at radius 1 is 1.02 bits per heavy atom. The molecule has 0 amide bonds. The van der Waals surface area contributed by atoms with E-state index in [2.05, 4.69) is 47.9 Å². The van der Waals surface area contributed by atoms with Crippen LogP contribution in [0.5, 0.6) is 0 Å². The fourth-order valence-electron chi connectivity index (χ4n) is 9.97. The molecule has 4 aliphatic rings. The molecular formula is C43H73N3O9. The molecule has 3 N–H and O–H groups in total. The first kappa shape index (κ1) is 44.4. The smallest absolute Gasteiger partial charge is 0.311 e. The number of rotatable bonds is 7. The van der Waals surface area contributed by atoms with Gasteiger partial charge in [0, 0.05) is 57.0 Å². The number of piperidine rings is 1. The second kappa shape index (κ2) is 18.1. The summed E-state index contributed by atoms with van der Waals surface area (Å²) in [5.74, 6) is -2.69. The van der Waals surface area contributed by atoms with E-state index in [0.29, 0.717) is 38.6 Å². The van der Waals surface area contributed by atoms with Crippen molar-refractivity contribution in [2.75, 3.05) is 47.3 Å². The van der Waals surface area contributed by atoms with Crippen LogP contribution in [0, 0.1) is 17.8 Å². The number of carbonyl (C=O) groups excluding carboxylic acids is 1. The first-order valence-corrected chi connectivity index (χ1v) is 20.9. The zero-order chi connectivity index (χ0) is 40.5. The standard InChI is InChI=1S/C43H73N3O9/c1-12-34-42(8,50)37(48)31(6)45(11)26-27(2)25-41(7)38(53-40-35(47)33(44(9)10)24-28(3)51-40)29(4)36(30(5)39(49)52-34)54-43(55-41)19-22-46(23-20-43)21-18-32-16-14-13-15-17-32/h13-17,27-31,33-38,40,47-48,50H,12,18-26H2,1-11H3/t27-,28-,29+,30-,31-,33+,34-,35-,36+,37-,38-,40+,41-,42-/m1/s1. The van der Waals surface area contributed by atoms with Crippen LogP contribution in [0.1, 0.15) is 93.1 Å². The van der Waals surface area contributed by atoms with Crippen LogP contribution in [0.4, 0.5) is 0 Å². The van der Waals surface area contributed by atoms with Gasteiger partial charge in [0.2, 0.25) is 0 Å². The van der Waals surface area contributed by atoms with E-state index in [4.69, 9.17) is 23.7 Å². The molecule has 12 nitrogen and oxygen atoms in total. The Labute approximate surface area is 330 Å². The van der Waals surface area contributed by atoms with Crippen molar-refractivity contribution in [1.29, 1.82) is 0 Å². The molecule has 0 unspecified atom stereocenters. The third kappa shape index (κ3) is 9.95. The van der Waals surface area contributed by atoms with Gasteiger partial charge in [0.1, 0.15) is 23.9 Å². The van der Waals surface area contributed by atoms with E-state index in [0.717, 1.165) is 26.1 Å². The third-order valence-corrected chi connectivity index (χ3v) is 13.4. The number of likely N-dealkylation sites (N-methyl/N-ethyl adjacent to an activating group) is 2. The first-order valence-electron chi connectivity index (χ1n) is 20.9. The average Bonchev–Trinajstić information content (AvgIpc) is 3.21. The summed E-state index contributed by atoms with van der Waals surface area (Å²) in [5.41, 5.74) is -1.35. The minimum atomic E-state index is -1.70. The summed E-state index contributed by atoms with van der Waals surface area (Å²) in [4.78, 5) is 20.9. The Hall–Kier alpha value is -1.71. The largest absolute Gasteiger partial charge is 0.459 e. The van der Waals surface area contributed by atoms with Gasteiger partial charge in [0.15, 0.2) is 12.1 Å². The van der Waals surface area contributed by atoms with Gasteiger partial charge in [-0.15, -0.1) is 0 Å². The number of aliphatic hydroxyl groups excluding tert-OH is 2. The van der Waals surface area contributed by atoms with Crippen LogP contribution in [-0.4, -0.2) is 155 Å². The van der Waals surface area contributed by atoms with Gasteiger partial charge in [-0.2, -0.15) is 0 Å². The third-order valence-electron chi connectivity index (χ3n) is 13.4. The van der Waals surface area contributed by atoms with E-state index in [1.807, 2.05) is 66.7 Å². The highest BCUT2D eigenvalue weighted by molar-refractivity contribution is 5.73. The number of aliphatic hydroxyl groups is 3. The van der Waals surface area contributed by atoms with Gasteiger partial charge in [-0.05, 0) is 92.9 Å². The highest BCUT2D eigenvalue weighted by Crippen LogP contribution is 2.48. The van der Waals surface area contributed by atoms with Gasteiger partial charge < -0.3 is 53.7 Å². The van der Waals surface area contributed by atoms with Crippen molar-refractivity contribution in [3.05, 3.63) is 35.9 Å². The predicted molar refractivity (Wildman–Crippen MR) is 211 cm³/mol. The lowest BCUT2D eigenvalue weighted by molar-refractivity contribution is -0.332. The summed E-state index contributed by atoms with van der Waals surface area (Å²) in [6, 6.07) is 9.90. The molecule has 12 heteroatoms. The Bertz CT molecular complexity index is 1380. The highest BCUT2D eigenvalue weighted by atomic mass is 16.7. The second-order valence-corrected chi connectivity index (χ2v) is 18.3. The van der Waals surface area contributed by atoms with Gasteiger partial charge in [0.25, 0.3) is 0 Å². The molecule has 2 bridgehead atoms. The highest BCUT2D eigenvalue weighted by Gasteiger charge is 2.58. The summed E-state index contributed by atoms with van der Waals surface area (Å²) in [6.07, 6.45) is -1.81. The van der Waals surface area contributed by atoms with E-state index in [-0.39, 0.29) is 18.1 Å². The first-order chi connectivity index (χ1) is 25.8. The van der Waals surface area contributed by atoms with Crippen LogP contribution in [0.15, 0.2) is 30.3 Å². The minimum absolute atomic E-state index is 0.0421. The predicted octanol–water partition coefficient (Wildman–Crippen LogP) is 4.07. The number of nitrogens with zero attached hydrogens (tertiary/aromatic N) is 3. The van der Waals surface area contributed by atoms with Gasteiger partial charge in [-0.3, -0.25) is 4.79 Å². The molecular weight excluding hydrogens is 702 g/mol. The monoisotopic (exact) mass is 776 g/mol. The molecule has 4 aliphatic heterocycles. The lowest BCUT2D eigenvalue weighted by Gasteiger charge is -2.49. The molecule has 0 saturated carbocycles. The summed E-state index contributed by atoms with van der Waals surface area (Å²) in [5, 5.41) is 35.1. The van der Waals surface area contributed by atoms with Crippen molar-refractivity contribution < 1.29 is 43.8 Å². The zero-order valence-electron chi connectivity index (χ0n) is 35.5. The SMILES string of the molecule is CC[C@H]1OC(=O)[C@H](C)[C@H]2OC3(CCN(CCc4ccccc4)CC3)O[C@](C)(C[C@@H](C)CN(C)[C@H](C)[C@@H](O)[C@]1(C)O)[C@H](O[C@@H]1O[C@H](C)C[C@H](N(C)C)[C@H]1O)[C@H]2C. The lowest BCUT2D eigenvalue weighted by atomic mass is 9.78. The number of esters is 1. The van der Waals surface area contributed by atoms with Crippen LogP contribution in [0.2, 0.25) is 0 Å². The molecule has 4 saturated heterocycles. The molecule has 4 heterocycles. The number of benzene rings is 1. The second-order valence-electron chi connectivity index (χ2n) is 18.3. The number of cyclic esters (lactones) is 1. The van der Waals surface area contributed by atoms with Crippen LogP contribution >= 0.6 is 0 Å². The molecule has 1 spiro atoms. The molecule has 0 aromatic heterocycles. The molecule has 55 heavy (non-hydrogen) atoms. The number of carbonyl (C=O) groups is 1. The quantitative estimate of drug-likeness (QED) is 0.345. The summed E-state index contributed by atoms with van der Waals surface area (Å²) < 4.78 is 34.3. The summed E-state index contributed by atoms with van der Waals surface area (Å²) in [6.45, 7) is 18.5. The van der Waals surface area contributed by atoms with E-state index in [1.165, 1.54) is 5.56 Å². The van der Waals surface area contributed by atoms with E-state index in [9.17, 15) is 20.1 Å². The van der Waals surface area contributed by atoms with Gasteiger partial charge in [-0.25, -0.2) is 0 Å². The molecule has 1 aromatic rings. The number of hydrogen-bond acceptors (Lipinski definition) is 12. The molecule has 1 aromatic carbocycles. The number of ether oxygens (including phenoxy) is 5. The van der Waals surface area contributed by atoms with Crippen molar-refractivity contribution in [1.82, 2.24) is 14.7 Å². The molecule has 5 rings (SSSR count). The Morgan fingerprint density at radius 2 is 1.67 bits per heavy atom. The maximum Gasteiger partial charge on any atom is 0.311 e. The van der Waals surface area contributed by atoms with Gasteiger partial charge >= 0.3 is 5.97 Å². The van der Waals surface area contributed by atoms with Crippen molar-refractivity contribution in [2.24, 2.45) is 17.8 Å². The van der Waals surface area contributed by atoms with Crippen LogP contribution in [0.3, 0.4) is 0 Å². The van der Waals surface area contributed by atoms with Crippen molar-refractivity contribution >= 4 is 5.97 Å². The van der Waals surface area contributed by atoms with Crippen molar-refractivity contribution in [2.45, 2.75) is 166 Å². The molecule has 314 valence electrons. The fraction of sp³-hybridized carbons (Fsp3) is 0.837.